The molecule has 0 atom stereocenters. The molecule has 0 aliphatic rings. The van der Waals surface area contributed by atoms with Crippen LogP contribution in [0.3, 0.4) is 0 Å². The normalized spacial score (nSPS) is 11.6. The van der Waals surface area contributed by atoms with E-state index in [4.69, 9.17) is 4.42 Å². The second kappa shape index (κ2) is 12.9. The average molecular weight is 720 g/mol. The van der Waals surface area contributed by atoms with Crippen molar-refractivity contribution in [3.63, 3.8) is 0 Å². The Labute approximate surface area is 322 Å². The van der Waals surface area contributed by atoms with Gasteiger partial charge in [0.25, 0.3) is 0 Å². The molecule has 0 radical (unpaired) electrons. The maximum Gasteiger partial charge on any atom is 0.143 e. The first-order valence-corrected chi connectivity index (χ1v) is 19.5. The summed E-state index contributed by atoms with van der Waals surface area (Å²) in [4.78, 5) is 2.35. The Morgan fingerprint density at radius 3 is 1.80 bits per heavy atom. The average Bonchev–Trinajstić information content (AvgIpc) is 3.83. The van der Waals surface area contributed by atoms with Crippen LogP contribution in [0.15, 0.2) is 205 Å². The van der Waals surface area contributed by atoms with Crippen molar-refractivity contribution in [3.05, 3.63) is 200 Å². The van der Waals surface area contributed by atoms with Gasteiger partial charge < -0.3 is 9.32 Å². The van der Waals surface area contributed by atoms with Crippen molar-refractivity contribution < 1.29 is 4.42 Å². The SMILES string of the molecule is c1ccc(-c2ccc(N(c3ccccc3)c3cccc4oc5c6ccccc6c(-c6cccc(-c7ccc8c(c7)sc7ccccc78)c6)cc5c34)cc2)cc1. The van der Waals surface area contributed by atoms with Gasteiger partial charge >= 0.3 is 0 Å². The summed E-state index contributed by atoms with van der Waals surface area (Å²) in [7, 11) is 0. The smallest absolute Gasteiger partial charge is 0.143 e. The minimum absolute atomic E-state index is 0.863. The molecule has 0 aliphatic carbocycles. The van der Waals surface area contributed by atoms with E-state index < -0.39 is 0 Å². The van der Waals surface area contributed by atoms with Gasteiger partial charge in [0.2, 0.25) is 0 Å². The lowest BCUT2D eigenvalue weighted by Gasteiger charge is -2.26. The largest absolute Gasteiger partial charge is 0.455 e. The van der Waals surface area contributed by atoms with Crippen LogP contribution in [0.25, 0.3) is 86.3 Å². The summed E-state index contributed by atoms with van der Waals surface area (Å²) in [5.74, 6) is 0. The lowest BCUT2D eigenvalue weighted by molar-refractivity contribution is 0.672. The van der Waals surface area contributed by atoms with Gasteiger partial charge in [-0.25, -0.2) is 0 Å². The highest BCUT2D eigenvalue weighted by molar-refractivity contribution is 7.25. The van der Waals surface area contributed by atoms with Crippen molar-refractivity contribution in [3.8, 4) is 33.4 Å². The molecule has 11 aromatic rings. The summed E-state index contributed by atoms with van der Waals surface area (Å²) < 4.78 is 9.46. The summed E-state index contributed by atoms with van der Waals surface area (Å²) >= 11 is 1.86. The van der Waals surface area contributed by atoms with E-state index in [1.165, 1.54) is 58.9 Å². The lowest BCUT2D eigenvalue weighted by Crippen LogP contribution is -2.10. The van der Waals surface area contributed by atoms with E-state index >= 15 is 0 Å². The molecule has 0 saturated heterocycles. The maximum atomic E-state index is 6.83. The minimum atomic E-state index is 0.863. The van der Waals surface area contributed by atoms with Crippen LogP contribution >= 0.6 is 11.3 Å². The first-order valence-electron chi connectivity index (χ1n) is 18.7. The molecule has 0 unspecified atom stereocenters. The number of thiophene rings is 1. The van der Waals surface area contributed by atoms with Crippen LogP contribution in [0.4, 0.5) is 17.1 Å². The summed E-state index contributed by atoms with van der Waals surface area (Å²) in [6.45, 7) is 0. The van der Waals surface area contributed by atoms with Gasteiger partial charge in [-0.2, -0.15) is 0 Å². The third kappa shape index (κ3) is 5.32. The molecule has 258 valence electrons. The lowest BCUT2D eigenvalue weighted by atomic mass is 9.93. The third-order valence-corrected chi connectivity index (χ3v) is 12.0. The Hall–Kier alpha value is -6.94. The van der Waals surface area contributed by atoms with E-state index in [1.807, 2.05) is 11.3 Å². The fraction of sp³-hybridized carbons (Fsp3) is 0. The Morgan fingerprint density at radius 2 is 0.964 bits per heavy atom. The van der Waals surface area contributed by atoms with Gasteiger partial charge in [0.1, 0.15) is 11.2 Å². The number of hydrogen-bond acceptors (Lipinski definition) is 3. The topological polar surface area (TPSA) is 16.4 Å². The highest BCUT2D eigenvalue weighted by atomic mass is 32.1. The van der Waals surface area contributed by atoms with Crippen LogP contribution in [0.2, 0.25) is 0 Å². The molecule has 0 bridgehead atoms. The standard InChI is InChI=1S/C52H33NOS/c1-3-13-34(14-4-1)35-25-28-40(29-26-35)53(39-17-5-2-6-18-39)47-22-12-23-48-51(47)46-33-45(41-19-7-8-21-44(41)52(46)54-48)38-16-11-15-36(31-38)37-27-30-43-42-20-9-10-24-49(42)55-50(43)32-37/h1-33H. The second-order valence-electron chi connectivity index (χ2n) is 14.1. The fourth-order valence-corrected chi connectivity index (χ4v) is 9.41. The van der Waals surface area contributed by atoms with Gasteiger partial charge in [-0.05, 0) is 99.4 Å². The van der Waals surface area contributed by atoms with Crippen molar-refractivity contribution >= 4 is 81.3 Å². The van der Waals surface area contributed by atoms with Crippen molar-refractivity contribution in [2.75, 3.05) is 4.90 Å². The number of rotatable bonds is 6. The van der Waals surface area contributed by atoms with E-state index in [9.17, 15) is 0 Å². The highest BCUT2D eigenvalue weighted by Gasteiger charge is 2.22. The van der Waals surface area contributed by atoms with E-state index in [2.05, 4.69) is 205 Å². The predicted octanol–water partition coefficient (Wildman–Crippen LogP) is 15.6. The first kappa shape index (κ1) is 31.6. The molecule has 55 heavy (non-hydrogen) atoms. The van der Waals surface area contributed by atoms with Crippen LogP contribution in [-0.4, -0.2) is 0 Å². The number of para-hydroxylation sites is 1. The summed E-state index contributed by atoms with van der Waals surface area (Å²) in [6, 6.07) is 72.0. The molecule has 2 heterocycles. The Kier molecular flexibility index (Phi) is 7.39. The van der Waals surface area contributed by atoms with E-state index in [1.54, 1.807) is 0 Å². The van der Waals surface area contributed by atoms with Crippen molar-refractivity contribution in [1.82, 2.24) is 0 Å². The highest BCUT2D eigenvalue weighted by Crippen LogP contribution is 2.47. The maximum absolute atomic E-state index is 6.83. The van der Waals surface area contributed by atoms with Gasteiger partial charge in [0.15, 0.2) is 0 Å². The quantitative estimate of drug-likeness (QED) is 0.170. The number of anilines is 3. The van der Waals surface area contributed by atoms with Gasteiger partial charge in [0, 0.05) is 42.3 Å². The van der Waals surface area contributed by atoms with Gasteiger partial charge in [-0.3, -0.25) is 0 Å². The number of fused-ring (bicyclic) bond motifs is 8. The molecule has 3 heteroatoms. The zero-order valence-corrected chi connectivity index (χ0v) is 30.6. The monoisotopic (exact) mass is 719 g/mol. The molecular formula is C52H33NOS. The summed E-state index contributed by atoms with van der Waals surface area (Å²) in [5, 5.41) is 7.10. The Morgan fingerprint density at radius 1 is 0.364 bits per heavy atom. The fourth-order valence-electron chi connectivity index (χ4n) is 8.26. The first-order chi connectivity index (χ1) is 27.3. The number of furan rings is 1. The Bertz CT molecular complexity index is 3190. The molecule has 0 fully saturated rings. The second-order valence-corrected chi connectivity index (χ2v) is 15.2. The van der Waals surface area contributed by atoms with Crippen molar-refractivity contribution in [1.29, 1.82) is 0 Å². The molecule has 2 aromatic heterocycles. The van der Waals surface area contributed by atoms with Crippen molar-refractivity contribution in [2.45, 2.75) is 0 Å². The van der Waals surface area contributed by atoms with Gasteiger partial charge in [0.05, 0.1) is 11.1 Å². The molecule has 11 rings (SSSR count). The van der Waals surface area contributed by atoms with Crippen LogP contribution in [0, 0.1) is 0 Å². The zero-order chi connectivity index (χ0) is 36.3. The summed E-state index contributed by atoms with van der Waals surface area (Å²) in [5.41, 5.74) is 12.2. The van der Waals surface area contributed by atoms with Crippen LogP contribution in [0.1, 0.15) is 0 Å². The number of benzene rings is 9. The number of hydrogen-bond donors (Lipinski definition) is 0. The molecule has 0 amide bonds. The van der Waals surface area contributed by atoms with E-state index in [-0.39, 0.29) is 0 Å². The molecule has 0 aliphatic heterocycles. The summed E-state index contributed by atoms with van der Waals surface area (Å²) in [6.07, 6.45) is 0. The molecular weight excluding hydrogens is 687 g/mol. The van der Waals surface area contributed by atoms with Crippen LogP contribution < -0.4 is 4.90 Å². The molecule has 0 saturated carbocycles. The number of nitrogens with zero attached hydrogens (tertiary/aromatic N) is 1. The zero-order valence-electron chi connectivity index (χ0n) is 29.8. The Balaban J connectivity index is 1.10. The molecule has 9 aromatic carbocycles. The molecule has 0 N–H and O–H groups in total. The van der Waals surface area contributed by atoms with Gasteiger partial charge in [-0.15, -0.1) is 11.3 Å². The molecule has 0 spiro atoms. The van der Waals surface area contributed by atoms with E-state index in [0.717, 1.165) is 44.4 Å². The molecule has 2 nitrogen and oxygen atoms in total. The van der Waals surface area contributed by atoms with Crippen LogP contribution in [-0.2, 0) is 0 Å². The predicted molar refractivity (Wildman–Crippen MR) is 235 cm³/mol. The minimum Gasteiger partial charge on any atom is -0.455 e. The third-order valence-electron chi connectivity index (χ3n) is 10.9. The van der Waals surface area contributed by atoms with E-state index in [0.29, 0.717) is 0 Å². The van der Waals surface area contributed by atoms with Crippen LogP contribution in [0.5, 0.6) is 0 Å². The van der Waals surface area contributed by atoms with Gasteiger partial charge in [-0.1, -0.05) is 140 Å². The van der Waals surface area contributed by atoms with Crippen molar-refractivity contribution in [2.24, 2.45) is 0 Å².